The van der Waals surface area contributed by atoms with Crippen LogP contribution in [0, 0.1) is 0 Å². The number of hydrogen-bond acceptors (Lipinski definition) is 2. The number of hydrogen-bond donors (Lipinski definition) is 0. The molecule has 0 atom stereocenters. The molecular weight excluding hydrogens is 259 g/mol. The van der Waals surface area contributed by atoms with Crippen LogP contribution in [0.15, 0.2) is 30.5 Å². The molecule has 0 aliphatic rings. The fourth-order valence-corrected chi connectivity index (χ4v) is 2.17. The smallest absolute Gasteiger partial charge is 0.233 e. The van der Waals surface area contributed by atoms with Crippen molar-refractivity contribution < 1.29 is 13.2 Å². The second-order valence-corrected chi connectivity index (χ2v) is 4.67. The highest BCUT2D eigenvalue weighted by molar-refractivity contribution is 7.18. The molecule has 1 nitrogen and oxygen atoms in total. The SMILES string of the molecule is FC(F)(F)c1cccc(-c2cnc(Cl)s2)c1. The maximum atomic E-state index is 12.5. The third kappa shape index (κ3) is 2.36. The van der Waals surface area contributed by atoms with E-state index >= 15 is 0 Å². The number of nitrogens with zero attached hydrogens (tertiary/aromatic N) is 1. The van der Waals surface area contributed by atoms with Crippen LogP contribution in [-0.2, 0) is 6.18 Å². The Bertz CT molecular complexity index is 507. The normalized spacial score (nSPS) is 11.8. The number of thiazole rings is 1. The van der Waals surface area contributed by atoms with E-state index in [9.17, 15) is 13.2 Å². The topological polar surface area (TPSA) is 12.9 Å². The van der Waals surface area contributed by atoms with Crippen molar-refractivity contribution in [3.05, 3.63) is 40.5 Å². The Hall–Kier alpha value is -1.07. The summed E-state index contributed by atoms with van der Waals surface area (Å²) in [5, 5.41) is 0. The van der Waals surface area contributed by atoms with Crippen molar-refractivity contribution in [2.75, 3.05) is 0 Å². The van der Waals surface area contributed by atoms with E-state index < -0.39 is 11.7 Å². The van der Waals surface area contributed by atoms with Gasteiger partial charge in [-0.2, -0.15) is 13.2 Å². The maximum absolute atomic E-state index is 12.5. The molecule has 1 aromatic heterocycles. The molecule has 0 unspecified atom stereocenters. The van der Waals surface area contributed by atoms with Gasteiger partial charge >= 0.3 is 6.18 Å². The molecule has 0 spiro atoms. The van der Waals surface area contributed by atoms with Gasteiger partial charge in [-0.3, -0.25) is 0 Å². The van der Waals surface area contributed by atoms with Crippen molar-refractivity contribution in [1.82, 2.24) is 4.98 Å². The Labute approximate surface area is 98.5 Å². The van der Waals surface area contributed by atoms with Gasteiger partial charge in [-0.05, 0) is 17.7 Å². The largest absolute Gasteiger partial charge is 0.416 e. The van der Waals surface area contributed by atoms with E-state index in [1.807, 2.05) is 0 Å². The van der Waals surface area contributed by atoms with Crippen LogP contribution in [0.5, 0.6) is 0 Å². The summed E-state index contributed by atoms with van der Waals surface area (Å²) in [5.74, 6) is 0. The van der Waals surface area contributed by atoms with Crippen molar-refractivity contribution in [3.63, 3.8) is 0 Å². The Kier molecular flexibility index (Phi) is 2.90. The van der Waals surface area contributed by atoms with E-state index in [4.69, 9.17) is 11.6 Å². The first-order valence-electron chi connectivity index (χ1n) is 4.26. The van der Waals surface area contributed by atoms with Crippen molar-refractivity contribution in [2.24, 2.45) is 0 Å². The van der Waals surface area contributed by atoms with Crippen LogP contribution in [0.25, 0.3) is 10.4 Å². The van der Waals surface area contributed by atoms with Gasteiger partial charge in [0.05, 0.1) is 10.4 Å². The van der Waals surface area contributed by atoms with Crippen LogP contribution in [-0.4, -0.2) is 4.98 Å². The fraction of sp³-hybridized carbons (Fsp3) is 0.100. The third-order valence-electron chi connectivity index (χ3n) is 1.95. The molecule has 0 radical (unpaired) electrons. The molecule has 0 amide bonds. The number of halogens is 4. The quantitative estimate of drug-likeness (QED) is 0.739. The second-order valence-electron chi connectivity index (χ2n) is 3.06. The number of alkyl halides is 3. The zero-order valence-corrected chi connectivity index (χ0v) is 9.33. The first-order valence-corrected chi connectivity index (χ1v) is 5.45. The molecule has 16 heavy (non-hydrogen) atoms. The number of rotatable bonds is 1. The minimum atomic E-state index is -4.33. The average molecular weight is 264 g/mol. The maximum Gasteiger partial charge on any atom is 0.416 e. The lowest BCUT2D eigenvalue weighted by Crippen LogP contribution is -2.04. The minimum absolute atomic E-state index is 0.312. The number of aromatic nitrogens is 1. The molecule has 6 heteroatoms. The summed E-state index contributed by atoms with van der Waals surface area (Å²) in [6.45, 7) is 0. The van der Waals surface area contributed by atoms with Crippen LogP contribution in [0.3, 0.4) is 0 Å². The van der Waals surface area contributed by atoms with Gasteiger partial charge in [-0.1, -0.05) is 23.7 Å². The molecule has 0 bridgehead atoms. The molecule has 0 aliphatic carbocycles. The molecule has 1 heterocycles. The van der Waals surface area contributed by atoms with Gasteiger partial charge < -0.3 is 0 Å². The Morgan fingerprint density at radius 2 is 2.00 bits per heavy atom. The predicted octanol–water partition coefficient (Wildman–Crippen LogP) is 4.48. The molecule has 1 aromatic carbocycles. The van der Waals surface area contributed by atoms with E-state index in [-0.39, 0.29) is 0 Å². The highest BCUT2D eigenvalue weighted by Gasteiger charge is 2.30. The number of benzene rings is 1. The van der Waals surface area contributed by atoms with Crippen LogP contribution >= 0.6 is 22.9 Å². The van der Waals surface area contributed by atoms with Gasteiger partial charge in [0.1, 0.15) is 0 Å². The second kappa shape index (κ2) is 4.07. The molecular formula is C10H5ClF3NS. The summed E-state index contributed by atoms with van der Waals surface area (Å²) in [6, 6.07) is 5.08. The fourth-order valence-electron chi connectivity index (χ4n) is 1.24. The van der Waals surface area contributed by atoms with E-state index in [2.05, 4.69) is 4.98 Å². The Balaban J connectivity index is 2.44. The summed E-state index contributed by atoms with van der Waals surface area (Å²) in [4.78, 5) is 4.41. The molecule has 2 rings (SSSR count). The van der Waals surface area contributed by atoms with Crippen molar-refractivity contribution in [2.45, 2.75) is 6.18 Å². The van der Waals surface area contributed by atoms with Crippen molar-refractivity contribution in [3.8, 4) is 10.4 Å². The Morgan fingerprint density at radius 3 is 2.56 bits per heavy atom. The summed E-state index contributed by atoms with van der Waals surface area (Å²) >= 11 is 6.77. The predicted molar refractivity (Wildman–Crippen MR) is 57.6 cm³/mol. The average Bonchev–Trinajstić information content (AvgIpc) is 2.64. The zero-order valence-electron chi connectivity index (χ0n) is 7.75. The lowest BCUT2D eigenvalue weighted by atomic mass is 10.1. The summed E-state index contributed by atoms with van der Waals surface area (Å²) in [6.07, 6.45) is -2.87. The van der Waals surface area contributed by atoms with Gasteiger partial charge in [0.2, 0.25) is 0 Å². The molecule has 0 N–H and O–H groups in total. The van der Waals surface area contributed by atoms with Gasteiger partial charge in [0.15, 0.2) is 4.47 Å². The molecule has 0 saturated heterocycles. The molecule has 0 aliphatic heterocycles. The zero-order chi connectivity index (χ0) is 11.8. The lowest BCUT2D eigenvalue weighted by Gasteiger charge is -2.07. The first-order chi connectivity index (χ1) is 7.47. The highest BCUT2D eigenvalue weighted by Crippen LogP contribution is 2.34. The Morgan fingerprint density at radius 1 is 1.25 bits per heavy atom. The van der Waals surface area contributed by atoms with Gasteiger partial charge in [0, 0.05) is 6.20 Å². The van der Waals surface area contributed by atoms with Crippen LogP contribution in [0.1, 0.15) is 5.56 Å². The lowest BCUT2D eigenvalue weighted by molar-refractivity contribution is -0.137. The first kappa shape index (κ1) is 11.4. The third-order valence-corrected chi connectivity index (χ3v) is 3.12. The summed E-state index contributed by atoms with van der Waals surface area (Å²) in [5.41, 5.74) is -0.200. The summed E-state index contributed by atoms with van der Waals surface area (Å²) < 4.78 is 37.7. The van der Waals surface area contributed by atoms with Crippen molar-refractivity contribution >= 4 is 22.9 Å². The standard InChI is InChI=1S/C10H5ClF3NS/c11-9-15-5-8(16-9)6-2-1-3-7(4-6)10(12,13)14/h1-5H. The van der Waals surface area contributed by atoms with E-state index in [0.717, 1.165) is 23.5 Å². The van der Waals surface area contributed by atoms with Gasteiger partial charge in [-0.25, -0.2) is 4.98 Å². The summed E-state index contributed by atoms with van der Waals surface area (Å²) in [7, 11) is 0. The highest BCUT2D eigenvalue weighted by atomic mass is 35.5. The van der Waals surface area contributed by atoms with Crippen LogP contribution < -0.4 is 0 Å². The van der Waals surface area contributed by atoms with Crippen molar-refractivity contribution in [1.29, 1.82) is 0 Å². The van der Waals surface area contributed by atoms with E-state index in [1.165, 1.54) is 12.3 Å². The molecule has 84 valence electrons. The van der Waals surface area contributed by atoms with E-state index in [0.29, 0.717) is 14.9 Å². The monoisotopic (exact) mass is 263 g/mol. The minimum Gasteiger partial charge on any atom is -0.233 e. The molecule has 0 fully saturated rings. The molecule has 2 aromatic rings. The van der Waals surface area contributed by atoms with Crippen LogP contribution in [0.4, 0.5) is 13.2 Å². The van der Waals surface area contributed by atoms with Gasteiger partial charge in [0.25, 0.3) is 0 Å². The van der Waals surface area contributed by atoms with E-state index in [1.54, 1.807) is 6.07 Å². The van der Waals surface area contributed by atoms with Gasteiger partial charge in [-0.15, -0.1) is 11.3 Å². The molecule has 0 saturated carbocycles. The van der Waals surface area contributed by atoms with Crippen LogP contribution in [0.2, 0.25) is 4.47 Å².